The van der Waals surface area contributed by atoms with Gasteiger partial charge in [0.25, 0.3) is 0 Å². The van der Waals surface area contributed by atoms with Gasteiger partial charge in [0.15, 0.2) is 0 Å². The third kappa shape index (κ3) is 7.43. The van der Waals surface area contributed by atoms with Gasteiger partial charge in [-0.15, -0.1) is 0 Å². The fourth-order valence-electron chi connectivity index (χ4n) is 3.40. The maximum absolute atomic E-state index is 12.3. The first-order valence-corrected chi connectivity index (χ1v) is 11.8. The molecule has 0 aliphatic carbocycles. The number of carbonyl (C=O) groups is 2. The van der Waals surface area contributed by atoms with E-state index >= 15 is 0 Å². The van der Waals surface area contributed by atoms with Crippen LogP contribution in [0.3, 0.4) is 0 Å². The van der Waals surface area contributed by atoms with Gasteiger partial charge >= 0.3 is 12.3 Å². The number of hydrogen-bond acceptors (Lipinski definition) is 6. The van der Waals surface area contributed by atoms with Gasteiger partial charge in [0.1, 0.15) is 11.5 Å². The first-order valence-electron chi connectivity index (χ1n) is 11.8. The monoisotopic (exact) mass is 444 g/mol. The number of hydrogen-bond donors (Lipinski definition) is 0. The van der Waals surface area contributed by atoms with Gasteiger partial charge in [-0.1, -0.05) is 65.5 Å². The van der Waals surface area contributed by atoms with Crippen molar-refractivity contribution in [3.63, 3.8) is 0 Å². The second-order valence-corrected chi connectivity index (χ2v) is 7.77. The molecular formula is C26H36O6. The molecule has 0 fully saturated rings. The summed E-state index contributed by atoms with van der Waals surface area (Å²) in [7, 11) is 0. The van der Waals surface area contributed by atoms with Crippen molar-refractivity contribution in [2.75, 3.05) is 13.2 Å². The molecule has 0 aliphatic heterocycles. The Hall–Kier alpha value is -2.76. The van der Waals surface area contributed by atoms with Crippen LogP contribution < -0.4 is 9.47 Å². The molecule has 0 amide bonds. The molecule has 0 heterocycles. The minimum atomic E-state index is -0.729. The van der Waals surface area contributed by atoms with Crippen LogP contribution in [0, 0.1) is 0 Å². The fourth-order valence-corrected chi connectivity index (χ4v) is 3.40. The predicted molar refractivity (Wildman–Crippen MR) is 126 cm³/mol. The van der Waals surface area contributed by atoms with Crippen molar-refractivity contribution in [2.45, 2.75) is 79.1 Å². The first-order chi connectivity index (χ1) is 15.5. The summed E-state index contributed by atoms with van der Waals surface area (Å²) in [5.74, 6) is 0.839. The molecule has 0 saturated heterocycles. The molecule has 0 spiro atoms. The summed E-state index contributed by atoms with van der Waals surface area (Å²) in [5, 5.41) is 1.39. The van der Waals surface area contributed by atoms with Crippen LogP contribution in [-0.2, 0) is 22.3 Å². The average molecular weight is 445 g/mol. The molecule has 0 saturated carbocycles. The lowest BCUT2D eigenvalue weighted by Crippen LogP contribution is -2.14. The molecule has 0 aliphatic rings. The molecule has 2 aromatic carbocycles. The zero-order valence-electron chi connectivity index (χ0n) is 19.8. The zero-order chi connectivity index (χ0) is 23.3. The standard InChI is InChI=1S/C26H36O6/c1-5-9-11-15-29-25(27)31-23-18-20(8-4)24(32-26(28)30-16-12-10-6-2)22-17-19(7-3)13-14-21(22)23/h13-14,17-18H,5-12,15-16H2,1-4H3. The van der Waals surface area contributed by atoms with E-state index in [4.69, 9.17) is 18.9 Å². The van der Waals surface area contributed by atoms with E-state index < -0.39 is 12.3 Å². The summed E-state index contributed by atoms with van der Waals surface area (Å²) in [4.78, 5) is 24.6. The summed E-state index contributed by atoms with van der Waals surface area (Å²) in [6.07, 6.45) is 5.66. The molecule has 0 radical (unpaired) electrons. The summed E-state index contributed by atoms with van der Waals surface area (Å²) < 4.78 is 21.6. The topological polar surface area (TPSA) is 71.1 Å². The lowest BCUT2D eigenvalue weighted by atomic mass is 9.99. The molecular weight excluding hydrogens is 408 g/mol. The van der Waals surface area contributed by atoms with E-state index in [-0.39, 0.29) is 0 Å². The van der Waals surface area contributed by atoms with E-state index in [1.807, 2.05) is 25.1 Å². The van der Waals surface area contributed by atoms with E-state index in [2.05, 4.69) is 20.8 Å². The molecule has 6 heteroatoms. The van der Waals surface area contributed by atoms with Gasteiger partial charge in [-0.2, -0.15) is 0 Å². The zero-order valence-corrected chi connectivity index (χ0v) is 19.8. The molecule has 32 heavy (non-hydrogen) atoms. The minimum Gasteiger partial charge on any atom is -0.434 e. The fraction of sp³-hybridized carbons (Fsp3) is 0.538. The lowest BCUT2D eigenvalue weighted by Gasteiger charge is -2.16. The smallest absolute Gasteiger partial charge is 0.434 e. The molecule has 2 rings (SSSR count). The van der Waals surface area contributed by atoms with Gasteiger partial charge in [0.2, 0.25) is 0 Å². The predicted octanol–water partition coefficient (Wildman–Crippen LogP) is 7.38. The van der Waals surface area contributed by atoms with Crippen LogP contribution in [0.1, 0.15) is 77.3 Å². The highest BCUT2D eigenvalue weighted by Crippen LogP contribution is 2.38. The Morgan fingerprint density at radius 3 is 1.91 bits per heavy atom. The summed E-state index contributed by atoms with van der Waals surface area (Å²) in [6, 6.07) is 7.56. The second-order valence-electron chi connectivity index (χ2n) is 7.77. The Balaban J connectivity index is 2.31. The average Bonchev–Trinajstić information content (AvgIpc) is 2.80. The van der Waals surface area contributed by atoms with E-state index in [1.165, 1.54) is 0 Å². The van der Waals surface area contributed by atoms with Crippen LogP contribution in [0.4, 0.5) is 9.59 Å². The first kappa shape index (κ1) is 25.5. The van der Waals surface area contributed by atoms with E-state index in [0.29, 0.717) is 41.9 Å². The number of rotatable bonds is 12. The number of carbonyl (C=O) groups excluding carboxylic acids is 2. The van der Waals surface area contributed by atoms with Crippen LogP contribution in [-0.4, -0.2) is 25.5 Å². The Labute approximate surface area is 191 Å². The van der Waals surface area contributed by atoms with E-state index in [1.54, 1.807) is 6.07 Å². The minimum absolute atomic E-state index is 0.330. The number of benzene rings is 2. The third-order valence-corrected chi connectivity index (χ3v) is 5.29. The van der Waals surface area contributed by atoms with E-state index in [0.717, 1.165) is 56.1 Å². The molecule has 0 N–H and O–H groups in total. The van der Waals surface area contributed by atoms with Crippen molar-refractivity contribution in [3.05, 3.63) is 35.4 Å². The van der Waals surface area contributed by atoms with Crippen LogP contribution in [0.2, 0.25) is 0 Å². The largest absolute Gasteiger partial charge is 0.513 e. The molecule has 0 aromatic heterocycles. The van der Waals surface area contributed by atoms with Crippen molar-refractivity contribution < 1.29 is 28.5 Å². The molecule has 0 bridgehead atoms. The normalized spacial score (nSPS) is 10.8. The van der Waals surface area contributed by atoms with Crippen molar-refractivity contribution in [2.24, 2.45) is 0 Å². The van der Waals surface area contributed by atoms with Gasteiger partial charge in [0, 0.05) is 10.8 Å². The van der Waals surface area contributed by atoms with Crippen molar-refractivity contribution >= 4 is 23.1 Å². The SMILES string of the molecule is CCCCCOC(=O)Oc1cc(CC)c(OC(=O)OCCCCC)c2cc(CC)ccc12. The molecule has 2 aromatic rings. The Morgan fingerprint density at radius 2 is 1.34 bits per heavy atom. The van der Waals surface area contributed by atoms with Gasteiger partial charge < -0.3 is 18.9 Å². The van der Waals surface area contributed by atoms with Gasteiger partial charge in [-0.25, -0.2) is 9.59 Å². The Morgan fingerprint density at radius 1 is 0.719 bits per heavy atom. The van der Waals surface area contributed by atoms with Crippen molar-refractivity contribution in [1.82, 2.24) is 0 Å². The van der Waals surface area contributed by atoms with Crippen LogP contribution in [0.25, 0.3) is 10.8 Å². The van der Waals surface area contributed by atoms with Crippen LogP contribution in [0.5, 0.6) is 11.5 Å². The van der Waals surface area contributed by atoms with Gasteiger partial charge in [0.05, 0.1) is 13.2 Å². The van der Waals surface area contributed by atoms with Crippen LogP contribution >= 0.6 is 0 Å². The third-order valence-electron chi connectivity index (χ3n) is 5.29. The number of aryl methyl sites for hydroxylation is 2. The highest BCUT2D eigenvalue weighted by Gasteiger charge is 2.19. The second kappa shape index (κ2) is 13.6. The summed E-state index contributed by atoms with van der Waals surface area (Å²) in [6.45, 7) is 8.85. The van der Waals surface area contributed by atoms with Crippen LogP contribution in [0.15, 0.2) is 24.3 Å². The highest BCUT2D eigenvalue weighted by atomic mass is 16.7. The quantitative estimate of drug-likeness (QED) is 0.193. The highest BCUT2D eigenvalue weighted by molar-refractivity contribution is 5.97. The molecule has 6 nitrogen and oxygen atoms in total. The maximum atomic E-state index is 12.3. The molecule has 0 unspecified atom stereocenters. The number of fused-ring (bicyclic) bond motifs is 1. The van der Waals surface area contributed by atoms with E-state index in [9.17, 15) is 9.59 Å². The lowest BCUT2D eigenvalue weighted by molar-refractivity contribution is 0.0957. The number of ether oxygens (including phenoxy) is 4. The summed E-state index contributed by atoms with van der Waals surface area (Å²) >= 11 is 0. The maximum Gasteiger partial charge on any atom is 0.513 e. The number of unbranched alkanes of at least 4 members (excludes halogenated alkanes) is 4. The van der Waals surface area contributed by atoms with Crippen molar-refractivity contribution in [3.8, 4) is 11.5 Å². The van der Waals surface area contributed by atoms with Gasteiger partial charge in [-0.05, 0) is 48.9 Å². The Kier molecular flexibility index (Phi) is 10.8. The van der Waals surface area contributed by atoms with Gasteiger partial charge in [-0.3, -0.25) is 0 Å². The van der Waals surface area contributed by atoms with Crippen molar-refractivity contribution in [1.29, 1.82) is 0 Å². The Bertz CT molecular complexity index is 890. The molecule has 0 atom stereocenters. The molecule has 176 valence electrons. The summed E-state index contributed by atoms with van der Waals surface area (Å²) in [5.41, 5.74) is 1.84.